The summed E-state index contributed by atoms with van der Waals surface area (Å²) >= 11 is 3.51. The Morgan fingerprint density at radius 1 is 0.679 bits per heavy atom. The van der Waals surface area contributed by atoms with Crippen molar-refractivity contribution in [2.75, 3.05) is 59.0 Å². The number of carbonyl (C=O) groups excluding carboxylic acids is 4. The smallest absolute Gasteiger partial charge is 0.263 e. The summed E-state index contributed by atoms with van der Waals surface area (Å²) in [6.07, 6.45) is 8.52. The van der Waals surface area contributed by atoms with Crippen molar-refractivity contribution in [1.29, 1.82) is 0 Å². The topological polar surface area (TPSA) is 140 Å². The molecule has 0 radical (unpaired) electrons. The molecule has 2 aliphatic rings. The lowest BCUT2D eigenvalue weighted by Gasteiger charge is -2.34. The molecule has 3 aromatic carbocycles. The summed E-state index contributed by atoms with van der Waals surface area (Å²) in [5.74, 6) is -1.36. The number of anilines is 1. The van der Waals surface area contributed by atoms with E-state index in [1.807, 2.05) is 80.0 Å². The minimum atomic E-state index is -0.511. The summed E-state index contributed by atoms with van der Waals surface area (Å²) in [5, 5.41) is 3.89. The van der Waals surface area contributed by atoms with Crippen LogP contribution in [0.15, 0.2) is 77.5 Å². The van der Waals surface area contributed by atoms with Crippen LogP contribution < -0.4 is 10.1 Å². The predicted octanol–water partition coefficient (Wildman–Crippen LogP) is 7.29. The average Bonchev–Trinajstić information content (AvgIpc) is 3.20. The van der Waals surface area contributed by atoms with Gasteiger partial charge in [-0.3, -0.25) is 38.9 Å². The Hall–Kier alpha value is -5.76. The number of nitrogens with one attached hydrogen (secondary N) is 1. The third-order valence-electron chi connectivity index (χ3n) is 9.68. The number of hydrogen-bond acceptors (Lipinski definition) is 10. The van der Waals surface area contributed by atoms with Gasteiger partial charge in [-0.15, -0.1) is 0 Å². The molecule has 2 aromatic heterocycles. The van der Waals surface area contributed by atoms with Crippen LogP contribution in [0.4, 0.5) is 5.69 Å². The van der Waals surface area contributed by atoms with Gasteiger partial charge in [0.15, 0.2) is 0 Å². The zero-order chi connectivity index (χ0) is 39.3. The van der Waals surface area contributed by atoms with Gasteiger partial charge >= 0.3 is 0 Å². The molecule has 4 amide bonds. The number of ether oxygens (including phenoxy) is 3. The molecule has 286 valence electrons. The molecule has 12 nitrogen and oxygen atoms in total. The minimum absolute atomic E-state index is 0.140. The van der Waals surface area contributed by atoms with E-state index < -0.39 is 23.6 Å². The third kappa shape index (κ3) is 7.70. The van der Waals surface area contributed by atoms with Crippen LogP contribution in [0.2, 0.25) is 0 Å². The molecule has 0 aliphatic carbocycles. The van der Waals surface area contributed by atoms with E-state index in [-0.39, 0.29) is 48.5 Å². The third-order valence-corrected chi connectivity index (χ3v) is 10.3. The Labute approximate surface area is 332 Å². The van der Waals surface area contributed by atoms with Crippen molar-refractivity contribution in [3.63, 3.8) is 0 Å². The maximum Gasteiger partial charge on any atom is 0.263 e. The number of carbonyl (C=O) groups is 4. The number of aryl methyl sites for hydroxylation is 1. The van der Waals surface area contributed by atoms with E-state index in [9.17, 15) is 19.2 Å². The van der Waals surface area contributed by atoms with Gasteiger partial charge < -0.3 is 19.5 Å². The highest BCUT2D eigenvalue weighted by Crippen LogP contribution is 2.44. The van der Waals surface area contributed by atoms with Gasteiger partial charge in [0.2, 0.25) is 0 Å². The van der Waals surface area contributed by atoms with E-state index in [1.165, 1.54) is 9.80 Å². The summed E-state index contributed by atoms with van der Waals surface area (Å²) in [6.45, 7) is 3.52. The first-order valence-corrected chi connectivity index (χ1v) is 19.1. The first-order valence-electron chi connectivity index (χ1n) is 18.3. The number of benzene rings is 3. The molecule has 1 N–H and O–H groups in total. The highest BCUT2D eigenvalue weighted by atomic mass is 79.9. The standard InChI is InChI=1S/C43H40BrN5O7/c1-26-6-14-33(46-24-26)34-15-11-28(25-47-34)8-7-27-9-12-29(13-10-27)56-21-16-45-35-23-31-36-37-30(40(50)49(18-5-20-55-3)43(53)39(35)37)22-32(44)38(36)42(52)48(41(31)51)17-4-19-54-2/h6-15,22-25,45H,4-5,16-21H2,1-3H3/b8-7+. The second kappa shape index (κ2) is 16.9. The first-order chi connectivity index (χ1) is 27.2. The second-order valence-electron chi connectivity index (χ2n) is 13.5. The molecular weight excluding hydrogens is 778 g/mol. The normalized spacial score (nSPS) is 13.7. The van der Waals surface area contributed by atoms with Crippen LogP contribution in [0.3, 0.4) is 0 Å². The zero-order valence-corrected chi connectivity index (χ0v) is 32.9. The number of nitrogens with zero attached hydrogens (tertiary/aromatic N) is 4. The zero-order valence-electron chi connectivity index (χ0n) is 31.3. The summed E-state index contributed by atoms with van der Waals surface area (Å²) in [5.41, 5.74) is 5.98. The number of halogens is 1. The minimum Gasteiger partial charge on any atom is -0.492 e. The Morgan fingerprint density at radius 3 is 1.86 bits per heavy atom. The van der Waals surface area contributed by atoms with Crippen molar-refractivity contribution in [1.82, 2.24) is 19.8 Å². The molecule has 0 saturated carbocycles. The van der Waals surface area contributed by atoms with Gasteiger partial charge in [-0.25, -0.2) is 0 Å². The van der Waals surface area contributed by atoms with E-state index in [0.717, 1.165) is 28.1 Å². The average molecular weight is 819 g/mol. The fourth-order valence-electron chi connectivity index (χ4n) is 6.89. The highest BCUT2D eigenvalue weighted by Gasteiger charge is 2.42. The molecule has 4 heterocycles. The van der Waals surface area contributed by atoms with Crippen molar-refractivity contribution < 1.29 is 33.4 Å². The SMILES string of the molecule is COCCCN1C(=O)c2cc(NCCOc3ccc(/C=C/c4ccc(-c5ccc(C)cn5)nc4)cc3)c3c4c(cc(Br)c(c24)C1=O)C(=O)N(CCCOC)C3=O. The fourth-order valence-corrected chi connectivity index (χ4v) is 7.49. The van der Waals surface area contributed by atoms with Crippen molar-refractivity contribution in [2.24, 2.45) is 0 Å². The molecular formula is C43H40BrN5O7. The van der Waals surface area contributed by atoms with Gasteiger partial charge in [0, 0.05) is 86.0 Å². The molecule has 13 heteroatoms. The van der Waals surface area contributed by atoms with E-state index >= 15 is 0 Å². The Balaban J connectivity index is 1.09. The van der Waals surface area contributed by atoms with Gasteiger partial charge in [-0.05, 0) is 88.8 Å². The predicted molar refractivity (Wildman–Crippen MR) is 217 cm³/mol. The molecule has 0 atom stereocenters. The number of pyridine rings is 2. The van der Waals surface area contributed by atoms with Crippen molar-refractivity contribution >= 4 is 68.2 Å². The maximum atomic E-state index is 14.1. The molecule has 0 bridgehead atoms. The summed E-state index contributed by atoms with van der Waals surface area (Å²) < 4.78 is 16.8. The van der Waals surface area contributed by atoms with E-state index in [2.05, 4.69) is 31.2 Å². The lowest BCUT2D eigenvalue weighted by atomic mass is 9.84. The van der Waals surface area contributed by atoms with E-state index in [1.54, 1.807) is 26.4 Å². The second-order valence-corrected chi connectivity index (χ2v) is 14.3. The summed E-state index contributed by atoms with van der Waals surface area (Å²) in [7, 11) is 3.11. The van der Waals surface area contributed by atoms with Gasteiger partial charge in [-0.1, -0.05) is 36.4 Å². The van der Waals surface area contributed by atoms with Crippen LogP contribution >= 0.6 is 15.9 Å². The Morgan fingerprint density at radius 2 is 1.25 bits per heavy atom. The quantitative estimate of drug-likeness (QED) is 0.0798. The first kappa shape index (κ1) is 38.5. The van der Waals surface area contributed by atoms with Crippen LogP contribution in [0.1, 0.15) is 71.0 Å². The van der Waals surface area contributed by atoms with E-state index in [4.69, 9.17) is 14.2 Å². The van der Waals surface area contributed by atoms with Crippen LogP contribution in [-0.4, -0.2) is 97.1 Å². The summed E-state index contributed by atoms with van der Waals surface area (Å²) in [6, 6.07) is 18.8. The van der Waals surface area contributed by atoms with E-state index in [0.29, 0.717) is 52.7 Å². The molecule has 7 rings (SSSR count). The molecule has 0 spiro atoms. The number of rotatable bonds is 16. The number of imide groups is 2. The lowest BCUT2D eigenvalue weighted by molar-refractivity contribution is 0.0573. The largest absolute Gasteiger partial charge is 0.492 e. The van der Waals surface area contributed by atoms with Crippen molar-refractivity contribution in [2.45, 2.75) is 19.8 Å². The lowest BCUT2D eigenvalue weighted by Crippen LogP contribution is -2.44. The summed E-state index contributed by atoms with van der Waals surface area (Å²) in [4.78, 5) is 67.1. The monoisotopic (exact) mass is 817 g/mol. The van der Waals surface area contributed by atoms with Crippen LogP contribution in [0, 0.1) is 6.92 Å². The van der Waals surface area contributed by atoms with Crippen molar-refractivity contribution in [3.8, 4) is 17.1 Å². The van der Waals surface area contributed by atoms with Gasteiger partial charge in [0.1, 0.15) is 12.4 Å². The number of amides is 4. The Bertz CT molecular complexity index is 2350. The molecule has 5 aromatic rings. The van der Waals surface area contributed by atoms with Crippen LogP contribution in [0.25, 0.3) is 34.3 Å². The molecule has 56 heavy (non-hydrogen) atoms. The molecule has 0 unspecified atom stereocenters. The maximum absolute atomic E-state index is 14.1. The Kier molecular flexibility index (Phi) is 11.7. The van der Waals surface area contributed by atoms with Crippen LogP contribution in [-0.2, 0) is 9.47 Å². The molecule has 0 saturated heterocycles. The van der Waals surface area contributed by atoms with Crippen molar-refractivity contribution in [3.05, 3.63) is 116 Å². The molecule has 0 fully saturated rings. The molecule has 2 aliphatic heterocycles. The fraction of sp³-hybridized carbons (Fsp3) is 0.256. The number of aromatic nitrogens is 2. The highest BCUT2D eigenvalue weighted by molar-refractivity contribution is 9.10. The van der Waals surface area contributed by atoms with Gasteiger partial charge in [0.05, 0.1) is 28.1 Å². The van der Waals surface area contributed by atoms with Gasteiger partial charge in [0.25, 0.3) is 23.6 Å². The van der Waals surface area contributed by atoms with Gasteiger partial charge in [-0.2, -0.15) is 0 Å². The number of methoxy groups -OCH3 is 2. The number of hydrogen-bond donors (Lipinski definition) is 1. The van der Waals surface area contributed by atoms with Crippen LogP contribution in [0.5, 0.6) is 5.75 Å².